The smallest absolute Gasteiger partial charge is 0.225 e. The maximum Gasteiger partial charge on any atom is 0.225 e. The van der Waals surface area contributed by atoms with Gasteiger partial charge >= 0.3 is 0 Å². The van der Waals surface area contributed by atoms with Gasteiger partial charge in [0.05, 0.1) is 11.3 Å². The minimum atomic E-state index is 0.0254. The standard InChI is InChI=1S/C15H21N3O/c1-15(2)8-12-11(13(19)9-15)10-16-14(17-12)18-6-4-3-5-7-18/h10H,3-9H2,1-2H3. The van der Waals surface area contributed by atoms with E-state index < -0.39 is 0 Å². The zero-order chi connectivity index (χ0) is 13.5. The lowest BCUT2D eigenvalue weighted by Crippen LogP contribution is -2.33. The van der Waals surface area contributed by atoms with Crippen LogP contribution in [0.4, 0.5) is 5.95 Å². The van der Waals surface area contributed by atoms with Crippen LogP contribution < -0.4 is 4.90 Å². The van der Waals surface area contributed by atoms with Crippen LogP contribution in [-0.4, -0.2) is 28.8 Å². The molecular formula is C15H21N3O. The van der Waals surface area contributed by atoms with E-state index in [0.29, 0.717) is 6.42 Å². The molecule has 19 heavy (non-hydrogen) atoms. The molecule has 0 spiro atoms. The van der Waals surface area contributed by atoms with Gasteiger partial charge in [-0.1, -0.05) is 13.8 Å². The van der Waals surface area contributed by atoms with Crippen molar-refractivity contribution in [2.24, 2.45) is 5.41 Å². The Balaban J connectivity index is 1.92. The van der Waals surface area contributed by atoms with Gasteiger partial charge in [0, 0.05) is 25.7 Å². The van der Waals surface area contributed by atoms with Gasteiger partial charge in [-0.3, -0.25) is 4.79 Å². The summed E-state index contributed by atoms with van der Waals surface area (Å²) < 4.78 is 0. The zero-order valence-corrected chi connectivity index (χ0v) is 11.8. The summed E-state index contributed by atoms with van der Waals surface area (Å²) >= 11 is 0. The van der Waals surface area contributed by atoms with Gasteiger partial charge in [-0.2, -0.15) is 0 Å². The lowest BCUT2D eigenvalue weighted by atomic mass is 9.76. The van der Waals surface area contributed by atoms with Crippen molar-refractivity contribution in [2.75, 3.05) is 18.0 Å². The summed E-state index contributed by atoms with van der Waals surface area (Å²) in [6.45, 7) is 6.35. The summed E-state index contributed by atoms with van der Waals surface area (Å²) in [5.41, 5.74) is 1.70. The molecule has 1 aromatic heterocycles. The fourth-order valence-electron chi connectivity index (χ4n) is 3.07. The Labute approximate surface area is 114 Å². The molecule has 0 atom stereocenters. The first-order valence-corrected chi connectivity index (χ1v) is 7.19. The minimum absolute atomic E-state index is 0.0254. The number of ketones is 1. The first kappa shape index (κ1) is 12.6. The molecule has 1 aliphatic heterocycles. The first-order chi connectivity index (χ1) is 9.05. The Morgan fingerprint density at radius 3 is 2.63 bits per heavy atom. The summed E-state index contributed by atoms with van der Waals surface area (Å²) in [4.78, 5) is 23.4. The summed E-state index contributed by atoms with van der Waals surface area (Å²) in [5, 5.41) is 0. The predicted molar refractivity (Wildman–Crippen MR) is 74.5 cm³/mol. The molecule has 2 heterocycles. The highest BCUT2D eigenvalue weighted by atomic mass is 16.1. The van der Waals surface area contributed by atoms with E-state index in [1.54, 1.807) is 6.20 Å². The number of hydrogen-bond donors (Lipinski definition) is 0. The molecular weight excluding hydrogens is 238 g/mol. The monoisotopic (exact) mass is 259 g/mol. The number of carbonyl (C=O) groups excluding carboxylic acids is 1. The van der Waals surface area contributed by atoms with Gasteiger partial charge in [0.1, 0.15) is 0 Å². The van der Waals surface area contributed by atoms with Crippen LogP contribution in [0.25, 0.3) is 0 Å². The number of rotatable bonds is 1. The number of hydrogen-bond acceptors (Lipinski definition) is 4. The number of anilines is 1. The Morgan fingerprint density at radius 1 is 1.16 bits per heavy atom. The second kappa shape index (κ2) is 4.58. The van der Waals surface area contributed by atoms with Crippen LogP contribution in [0.15, 0.2) is 6.20 Å². The Bertz CT molecular complexity index is 504. The quantitative estimate of drug-likeness (QED) is 0.777. The second-order valence-corrected chi connectivity index (χ2v) is 6.52. The van der Waals surface area contributed by atoms with E-state index in [0.717, 1.165) is 36.7 Å². The Kier molecular flexibility index (Phi) is 3.03. The van der Waals surface area contributed by atoms with Gasteiger partial charge in [-0.15, -0.1) is 0 Å². The van der Waals surface area contributed by atoms with Crippen LogP contribution >= 0.6 is 0 Å². The average molecular weight is 259 g/mol. The zero-order valence-electron chi connectivity index (χ0n) is 11.8. The molecule has 0 radical (unpaired) electrons. The molecule has 0 aromatic carbocycles. The number of aromatic nitrogens is 2. The van der Waals surface area contributed by atoms with Crippen molar-refractivity contribution in [3.05, 3.63) is 17.5 Å². The molecule has 1 fully saturated rings. The van der Waals surface area contributed by atoms with Crippen molar-refractivity contribution in [1.29, 1.82) is 0 Å². The normalized spacial score (nSPS) is 22.2. The molecule has 102 valence electrons. The maximum atomic E-state index is 12.1. The average Bonchev–Trinajstić information content (AvgIpc) is 2.37. The van der Waals surface area contributed by atoms with Crippen molar-refractivity contribution in [3.63, 3.8) is 0 Å². The van der Waals surface area contributed by atoms with E-state index in [2.05, 4.69) is 28.7 Å². The number of carbonyl (C=O) groups is 1. The number of nitrogens with zero attached hydrogens (tertiary/aromatic N) is 3. The van der Waals surface area contributed by atoms with E-state index in [-0.39, 0.29) is 11.2 Å². The van der Waals surface area contributed by atoms with Gasteiger partial charge < -0.3 is 4.90 Å². The van der Waals surface area contributed by atoms with Crippen molar-refractivity contribution >= 4 is 11.7 Å². The topological polar surface area (TPSA) is 46.1 Å². The minimum Gasteiger partial charge on any atom is -0.341 e. The van der Waals surface area contributed by atoms with E-state index in [4.69, 9.17) is 0 Å². The van der Waals surface area contributed by atoms with Gasteiger partial charge in [0.15, 0.2) is 5.78 Å². The summed E-state index contributed by atoms with van der Waals surface area (Å²) in [6, 6.07) is 0. The van der Waals surface area contributed by atoms with Crippen molar-refractivity contribution < 1.29 is 4.79 Å². The third-order valence-electron chi connectivity index (χ3n) is 4.08. The Morgan fingerprint density at radius 2 is 1.89 bits per heavy atom. The molecule has 0 unspecified atom stereocenters. The fourth-order valence-corrected chi connectivity index (χ4v) is 3.07. The number of fused-ring (bicyclic) bond motifs is 1. The molecule has 4 heteroatoms. The third kappa shape index (κ3) is 2.48. The SMILES string of the molecule is CC1(C)CC(=O)c2cnc(N3CCCCC3)nc2C1. The molecule has 2 aliphatic rings. The Hall–Kier alpha value is -1.45. The highest BCUT2D eigenvalue weighted by Crippen LogP contribution is 2.34. The fraction of sp³-hybridized carbons (Fsp3) is 0.667. The second-order valence-electron chi connectivity index (χ2n) is 6.52. The van der Waals surface area contributed by atoms with Gasteiger partial charge in [-0.25, -0.2) is 9.97 Å². The summed E-state index contributed by atoms with van der Waals surface area (Å²) in [7, 11) is 0. The molecule has 4 nitrogen and oxygen atoms in total. The first-order valence-electron chi connectivity index (χ1n) is 7.19. The van der Waals surface area contributed by atoms with E-state index >= 15 is 0 Å². The van der Waals surface area contributed by atoms with Crippen LogP contribution in [-0.2, 0) is 6.42 Å². The van der Waals surface area contributed by atoms with Crippen LogP contribution in [0.2, 0.25) is 0 Å². The lowest BCUT2D eigenvalue weighted by molar-refractivity contribution is 0.0909. The van der Waals surface area contributed by atoms with Crippen molar-refractivity contribution in [1.82, 2.24) is 9.97 Å². The van der Waals surface area contributed by atoms with Crippen molar-refractivity contribution in [3.8, 4) is 0 Å². The van der Waals surface area contributed by atoms with Gasteiger partial charge in [0.2, 0.25) is 5.95 Å². The van der Waals surface area contributed by atoms with Crippen LogP contribution in [0.3, 0.4) is 0 Å². The highest BCUT2D eigenvalue weighted by Gasteiger charge is 2.32. The molecule has 1 aromatic rings. The molecule has 0 saturated carbocycles. The largest absolute Gasteiger partial charge is 0.341 e. The molecule has 0 amide bonds. The van der Waals surface area contributed by atoms with Crippen LogP contribution in [0.1, 0.15) is 55.6 Å². The maximum absolute atomic E-state index is 12.1. The number of piperidine rings is 1. The van der Waals surface area contributed by atoms with E-state index in [9.17, 15) is 4.79 Å². The summed E-state index contributed by atoms with van der Waals surface area (Å²) in [5.74, 6) is 1.00. The molecule has 0 bridgehead atoms. The van der Waals surface area contributed by atoms with Crippen LogP contribution in [0.5, 0.6) is 0 Å². The number of Topliss-reactive ketones (excluding diaryl/α,β-unsaturated/α-hetero) is 1. The predicted octanol–water partition coefficient (Wildman–Crippen LogP) is 2.62. The lowest BCUT2D eigenvalue weighted by Gasteiger charge is -2.31. The molecule has 0 N–H and O–H groups in total. The van der Waals surface area contributed by atoms with Gasteiger partial charge in [0.25, 0.3) is 0 Å². The van der Waals surface area contributed by atoms with E-state index in [1.807, 2.05) is 0 Å². The molecule has 1 saturated heterocycles. The third-order valence-corrected chi connectivity index (χ3v) is 4.08. The van der Waals surface area contributed by atoms with E-state index in [1.165, 1.54) is 19.3 Å². The van der Waals surface area contributed by atoms with Crippen molar-refractivity contribution in [2.45, 2.75) is 46.0 Å². The molecule has 3 rings (SSSR count). The summed E-state index contributed by atoms with van der Waals surface area (Å²) in [6.07, 6.45) is 6.94. The van der Waals surface area contributed by atoms with Crippen LogP contribution in [0, 0.1) is 5.41 Å². The molecule has 1 aliphatic carbocycles. The van der Waals surface area contributed by atoms with Gasteiger partial charge in [-0.05, 0) is 31.1 Å². The highest BCUT2D eigenvalue weighted by molar-refractivity contribution is 5.98.